The molecule has 0 bridgehead atoms. The molecule has 15 nitrogen and oxygen atoms in total. The topological polar surface area (TPSA) is 238 Å². The molecular weight excluding hydrogens is 420 g/mol. The van der Waals surface area contributed by atoms with Crippen LogP contribution < -0.4 is 32.7 Å². The van der Waals surface area contributed by atoms with Gasteiger partial charge in [0.05, 0.1) is 19.3 Å². The fourth-order valence-electron chi connectivity index (χ4n) is 2.43. The highest BCUT2D eigenvalue weighted by molar-refractivity contribution is 5.65. The predicted molar refractivity (Wildman–Crippen MR) is 119 cm³/mol. The Labute approximate surface area is 182 Å². The molecule has 0 radical (unpaired) electrons. The van der Waals surface area contributed by atoms with E-state index in [1.165, 1.54) is 0 Å². The minimum absolute atomic E-state index is 0.0178. The average Bonchev–Trinajstić information content (AvgIpc) is 2.75. The molecule has 32 heavy (non-hydrogen) atoms. The molecule has 0 fully saturated rings. The summed E-state index contributed by atoms with van der Waals surface area (Å²) in [7, 11) is 0. The number of rotatable bonds is 11. The Morgan fingerprint density at radius 1 is 0.781 bits per heavy atom. The third kappa shape index (κ3) is 6.73. The van der Waals surface area contributed by atoms with E-state index < -0.39 is 12.7 Å². The SMILES string of the molecule is Nc1nc(NCCO)nc(Nc2cccc(Nc3nc(N)nc(NCC(O)CO)n3)c2)n1. The number of aliphatic hydroxyl groups excluding tert-OH is 3. The third-order valence-electron chi connectivity index (χ3n) is 3.78. The highest BCUT2D eigenvalue weighted by atomic mass is 16.3. The van der Waals surface area contributed by atoms with Crippen LogP contribution in [-0.4, -0.2) is 77.6 Å². The maximum Gasteiger partial charge on any atom is 0.233 e. The fraction of sp³-hybridized carbons (Fsp3) is 0.294. The lowest BCUT2D eigenvalue weighted by Crippen LogP contribution is -2.24. The average molecular weight is 444 g/mol. The van der Waals surface area contributed by atoms with E-state index in [-0.39, 0.29) is 55.4 Å². The van der Waals surface area contributed by atoms with Crippen molar-refractivity contribution in [2.75, 3.05) is 59.0 Å². The summed E-state index contributed by atoms with van der Waals surface area (Å²) >= 11 is 0. The van der Waals surface area contributed by atoms with E-state index >= 15 is 0 Å². The second-order valence-electron chi connectivity index (χ2n) is 6.38. The highest BCUT2D eigenvalue weighted by Gasteiger charge is 2.09. The van der Waals surface area contributed by atoms with Crippen LogP contribution in [0.2, 0.25) is 0 Å². The van der Waals surface area contributed by atoms with Crippen LogP contribution in [0.3, 0.4) is 0 Å². The van der Waals surface area contributed by atoms with E-state index in [0.717, 1.165) is 0 Å². The standard InChI is InChI=1S/C17H24N12O3/c18-12-24-14(20-4-5-30)28-16(26-12)22-9-2-1-3-10(6-9)23-17-27-13(19)25-15(29-17)21-7-11(32)8-31/h1-3,6,11,30-32H,4-5,7-8H2,(H4,18,20,22,24,26,28)(H4,19,21,23,25,27,29). The number of nitrogens with one attached hydrogen (secondary N) is 4. The van der Waals surface area contributed by atoms with Crippen molar-refractivity contribution in [1.29, 1.82) is 0 Å². The largest absolute Gasteiger partial charge is 0.395 e. The number of hydrogen-bond acceptors (Lipinski definition) is 15. The first-order valence-electron chi connectivity index (χ1n) is 9.50. The summed E-state index contributed by atoms with van der Waals surface area (Å²) in [5, 5.41) is 38.9. The van der Waals surface area contributed by atoms with Crippen molar-refractivity contribution < 1.29 is 15.3 Å². The van der Waals surface area contributed by atoms with Crippen molar-refractivity contribution in [3.05, 3.63) is 24.3 Å². The Balaban J connectivity index is 1.72. The maximum absolute atomic E-state index is 9.45. The number of hydrogen-bond donors (Lipinski definition) is 9. The Morgan fingerprint density at radius 2 is 1.31 bits per heavy atom. The summed E-state index contributed by atoms with van der Waals surface area (Å²) in [5.41, 5.74) is 12.7. The van der Waals surface area contributed by atoms with Gasteiger partial charge >= 0.3 is 0 Å². The number of nitrogens with zero attached hydrogens (tertiary/aromatic N) is 6. The highest BCUT2D eigenvalue weighted by Crippen LogP contribution is 2.21. The lowest BCUT2D eigenvalue weighted by molar-refractivity contribution is 0.105. The van der Waals surface area contributed by atoms with Crippen LogP contribution in [-0.2, 0) is 0 Å². The van der Waals surface area contributed by atoms with Gasteiger partial charge in [-0.15, -0.1) is 0 Å². The molecule has 0 saturated carbocycles. The Morgan fingerprint density at radius 3 is 1.84 bits per heavy atom. The monoisotopic (exact) mass is 444 g/mol. The Kier molecular flexibility index (Phi) is 7.63. The number of anilines is 8. The summed E-state index contributed by atoms with van der Waals surface area (Å²) in [5.74, 6) is 0.759. The zero-order valence-electron chi connectivity index (χ0n) is 16.9. The summed E-state index contributed by atoms with van der Waals surface area (Å²) in [4.78, 5) is 24.3. The summed E-state index contributed by atoms with van der Waals surface area (Å²) < 4.78 is 0. The van der Waals surface area contributed by atoms with Crippen molar-refractivity contribution in [1.82, 2.24) is 29.9 Å². The summed E-state index contributed by atoms with van der Waals surface area (Å²) in [6, 6.07) is 7.10. The third-order valence-corrected chi connectivity index (χ3v) is 3.78. The predicted octanol–water partition coefficient (Wildman–Crippen LogP) is -1.12. The molecule has 0 aliphatic heterocycles. The number of benzene rings is 1. The van der Waals surface area contributed by atoms with Gasteiger partial charge in [0, 0.05) is 24.5 Å². The lowest BCUT2D eigenvalue weighted by atomic mass is 10.3. The van der Waals surface area contributed by atoms with E-state index in [9.17, 15) is 5.11 Å². The first-order valence-corrected chi connectivity index (χ1v) is 9.50. The molecule has 11 N–H and O–H groups in total. The fourth-order valence-corrected chi connectivity index (χ4v) is 2.43. The number of aromatic nitrogens is 6. The molecule has 0 amide bonds. The minimum Gasteiger partial charge on any atom is -0.395 e. The molecule has 1 atom stereocenters. The maximum atomic E-state index is 9.45. The minimum atomic E-state index is -0.962. The summed E-state index contributed by atoms with van der Waals surface area (Å²) in [6.07, 6.45) is -0.962. The van der Waals surface area contributed by atoms with Gasteiger partial charge in [-0.1, -0.05) is 6.07 Å². The van der Waals surface area contributed by atoms with Gasteiger partial charge in [0.1, 0.15) is 0 Å². The van der Waals surface area contributed by atoms with Crippen LogP contribution in [0.15, 0.2) is 24.3 Å². The molecule has 1 aromatic carbocycles. The van der Waals surface area contributed by atoms with Gasteiger partial charge < -0.3 is 48.1 Å². The smallest absolute Gasteiger partial charge is 0.233 e. The van der Waals surface area contributed by atoms with Crippen molar-refractivity contribution in [3.8, 4) is 0 Å². The molecule has 0 aliphatic carbocycles. The molecule has 2 heterocycles. The Hall–Kier alpha value is -4.08. The van der Waals surface area contributed by atoms with Crippen LogP contribution in [0.1, 0.15) is 0 Å². The number of nitrogens with two attached hydrogens (primary N) is 2. The molecular formula is C17H24N12O3. The molecule has 2 aromatic heterocycles. The first kappa shape index (κ1) is 22.6. The van der Waals surface area contributed by atoms with Gasteiger partial charge in [-0.25, -0.2) is 0 Å². The van der Waals surface area contributed by atoms with Crippen LogP contribution >= 0.6 is 0 Å². The molecule has 3 rings (SSSR count). The number of nitrogen functional groups attached to an aromatic ring is 2. The quantitative estimate of drug-likeness (QED) is 0.170. The van der Waals surface area contributed by atoms with E-state index in [4.69, 9.17) is 21.7 Å². The van der Waals surface area contributed by atoms with Crippen molar-refractivity contribution in [2.24, 2.45) is 0 Å². The van der Waals surface area contributed by atoms with E-state index in [2.05, 4.69) is 51.2 Å². The van der Waals surface area contributed by atoms with Crippen LogP contribution in [0.25, 0.3) is 0 Å². The van der Waals surface area contributed by atoms with Crippen LogP contribution in [0, 0.1) is 0 Å². The molecule has 0 saturated heterocycles. The summed E-state index contributed by atoms with van der Waals surface area (Å²) in [6.45, 7) is -0.163. The second-order valence-corrected chi connectivity index (χ2v) is 6.38. The van der Waals surface area contributed by atoms with Gasteiger partial charge in [0.15, 0.2) is 0 Å². The van der Waals surface area contributed by atoms with Crippen molar-refractivity contribution >= 4 is 47.1 Å². The zero-order chi connectivity index (χ0) is 22.9. The molecule has 170 valence electrons. The van der Waals surface area contributed by atoms with Crippen LogP contribution in [0.5, 0.6) is 0 Å². The van der Waals surface area contributed by atoms with Crippen molar-refractivity contribution in [2.45, 2.75) is 6.10 Å². The lowest BCUT2D eigenvalue weighted by Gasteiger charge is -2.12. The molecule has 0 aliphatic rings. The van der Waals surface area contributed by atoms with E-state index in [1.807, 2.05) is 0 Å². The molecule has 1 unspecified atom stereocenters. The van der Waals surface area contributed by atoms with Gasteiger partial charge in [0.2, 0.25) is 35.7 Å². The number of aliphatic hydroxyl groups is 3. The molecule has 0 spiro atoms. The molecule has 15 heteroatoms. The first-order chi connectivity index (χ1) is 15.4. The van der Waals surface area contributed by atoms with E-state index in [1.54, 1.807) is 24.3 Å². The Bertz CT molecular complexity index is 1040. The normalized spacial score (nSPS) is 11.6. The van der Waals surface area contributed by atoms with Gasteiger partial charge in [-0.3, -0.25) is 0 Å². The van der Waals surface area contributed by atoms with E-state index in [0.29, 0.717) is 11.4 Å². The van der Waals surface area contributed by atoms with Gasteiger partial charge in [-0.2, -0.15) is 29.9 Å². The van der Waals surface area contributed by atoms with Gasteiger partial charge in [0.25, 0.3) is 0 Å². The second kappa shape index (κ2) is 10.8. The van der Waals surface area contributed by atoms with Crippen LogP contribution in [0.4, 0.5) is 47.1 Å². The van der Waals surface area contributed by atoms with Gasteiger partial charge in [-0.05, 0) is 18.2 Å². The molecule has 3 aromatic rings. The van der Waals surface area contributed by atoms with Crippen molar-refractivity contribution in [3.63, 3.8) is 0 Å². The zero-order valence-corrected chi connectivity index (χ0v) is 16.9.